The first kappa shape index (κ1) is 21.5. The average molecular weight is 456 g/mol. The zero-order valence-corrected chi connectivity index (χ0v) is 17.3. The number of pyridine rings is 1. The van der Waals surface area contributed by atoms with Crippen molar-refractivity contribution in [1.82, 2.24) is 4.98 Å². The lowest BCUT2D eigenvalue weighted by Gasteiger charge is -2.32. The van der Waals surface area contributed by atoms with Crippen molar-refractivity contribution in [2.75, 3.05) is 36.5 Å². The van der Waals surface area contributed by atoms with Gasteiger partial charge in [0.25, 0.3) is 0 Å². The van der Waals surface area contributed by atoms with E-state index in [2.05, 4.69) is 10.3 Å². The largest absolute Gasteiger partial charge is 0.490 e. The third-order valence-electron chi connectivity index (χ3n) is 5.33. The Hall–Kier alpha value is -2.68. The lowest BCUT2D eigenvalue weighted by atomic mass is 9.95. The molecule has 3 heterocycles. The number of nitrogens with one attached hydrogen (secondary N) is 1. The zero-order chi connectivity index (χ0) is 22.0. The van der Waals surface area contributed by atoms with Gasteiger partial charge < -0.3 is 19.7 Å². The molecule has 0 saturated carbocycles. The molecule has 0 aliphatic carbocycles. The second kappa shape index (κ2) is 8.82. The maximum atomic E-state index is 12.8. The number of carbonyl (C=O) groups excluding carboxylic acids is 1. The molecule has 0 unspecified atom stereocenters. The van der Waals surface area contributed by atoms with Crippen LogP contribution in [0.1, 0.15) is 24.8 Å². The van der Waals surface area contributed by atoms with Crippen molar-refractivity contribution in [1.29, 1.82) is 0 Å². The van der Waals surface area contributed by atoms with Gasteiger partial charge in [-0.15, -0.1) is 0 Å². The van der Waals surface area contributed by atoms with Crippen LogP contribution in [0, 0.1) is 5.92 Å². The molecule has 166 valence electrons. The Labute approximate surface area is 182 Å². The van der Waals surface area contributed by atoms with Gasteiger partial charge in [-0.1, -0.05) is 11.6 Å². The summed E-state index contributed by atoms with van der Waals surface area (Å²) in [5.41, 5.74) is -0.255. The smallest absolute Gasteiger partial charge is 0.417 e. The summed E-state index contributed by atoms with van der Waals surface area (Å²) >= 11 is 6.04. The molecule has 0 bridgehead atoms. The van der Waals surface area contributed by atoms with Crippen molar-refractivity contribution < 1.29 is 27.4 Å². The second-order valence-corrected chi connectivity index (χ2v) is 7.90. The number of benzene rings is 1. The van der Waals surface area contributed by atoms with Gasteiger partial charge in [0.2, 0.25) is 5.91 Å². The third kappa shape index (κ3) is 4.98. The minimum absolute atomic E-state index is 0.0510. The second-order valence-electron chi connectivity index (χ2n) is 7.49. The normalized spacial score (nSPS) is 17.2. The maximum Gasteiger partial charge on any atom is 0.417 e. The van der Waals surface area contributed by atoms with Crippen LogP contribution in [0.25, 0.3) is 0 Å². The molecule has 1 N–H and O–H groups in total. The summed E-state index contributed by atoms with van der Waals surface area (Å²) in [6, 6.07) is 6.18. The Morgan fingerprint density at radius 2 is 1.84 bits per heavy atom. The van der Waals surface area contributed by atoms with E-state index in [0.717, 1.165) is 18.7 Å². The van der Waals surface area contributed by atoms with Gasteiger partial charge >= 0.3 is 6.18 Å². The summed E-state index contributed by atoms with van der Waals surface area (Å²) in [5.74, 6) is 1.23. The van der Waals surface area contributed by atoms with Crippen LogP contribution in [-0.4, -0.2) is 37.2 Å². The van der Waals surface area contributed by atoms with Gasteiger partial charge in [0.15, 0.2) is 11.5 Å². The molecule has 0 radical (unpaired) electrons. The Bertz CT molecular complexity index is 963. The number of piperidine rings is 1. The number of anilines is 2. The SMILES string of the molecule is O=C(Nc1ccc2c(c1)OCCCO2)C1CCN(c2ncc(C(F)(F)F)cc2Cl)CC1. The van der Waals surface area contributed by atoms with E-state index >= 15 is 0 Å². The van der Waals surface area contributed by atoms with Crippen molar-refractivity contribution in [2.24, 2.45) is 5.92 Å². The average Bonchev–Trinajstić information content (AvgIpc) is 2.98. The molecular weight excluding hydrogens is 435 g/mol. The van der Waals surface area contributed by atoms with Crippen LogP contribution < -0.4 is 19.7 Å². The van der Waals surface area contributed by atoms with Crippen LogP contribution >= 0.6 is 11.6 Å². The minimum atomic E-state index is -4.49. The van der Waals surface area contributed by atoms with E-state index in [1.165, 1.54) is 0 Å². The van der Waals surface area contributed by atoms with Crippen molar-refractivity contribution in [3.8, 4) is 11.5 Å². The summed E-state index contributed by atoms with van der Waals surface area (Å²) in [6.45, 7) is 2.09. The highest BCUT2D eigenvalue weighted by atomic mass is 35.5. The monoisotopic (exact) mass is 455 g/mol. The van der Waals surface area contributed by atoms with Gasteiger partial charge in [-0.3, -0.25) is 4.79 Å². The van der Waals surface area contributed by atoms with Crippen molar-refractivity contribution >= 4 is 29.0 Å². The number of aromatic nitrogens is 1. The fraction of sp³-hybridized carbons (Fsp3) is 0.429. The number of hydrogen-bond acceptors (Lipinski definition) is 5. The van der Waals surface area contributed by atoms with Gasteiger partial charge in [0, 0.05) is 43.4 Å². The number of rotatable bonds is 3. The maximum absolute atomic E-state index is 12.8. The predicted molar refractivity (Wildman–Crippen MR) is 110 cm³/mol. The molecule has 1 saturated heterocycles. The number of hydrogen-bond donors (Lipinski definition) is 1. The summed E-state index contributed by atoms with van der Waals surface area (Å²) in [6.07, 6.45) is -1.84. The van der Waals surface area contributed by atoms with E-state index < -0.39 is 11.7 Å². The molecule has 10 heteroatoms. The van der Waals surface area contributed by atoms with E-state index in [1.807, 2.05) is 0 Å². The van der Waals surface area contributed by atoms with Crippen molar-refractivity contribution in [2.45, 2.75) is 25.4 Å². The number of nitrogens with zero attached hydrogens (tertiary/aromatic N) is 2. The highest BCUT2D eigenvalue weighted by molar-refractivity contribution is 6.33. The molecule has 2 aromatic rings. The van der Waals surface area contributed by atoms with E-state index in [9.17, 15) is 18.0 Å². The lowest BCUT2D eigenvalue weighted by Crippen LogP contribution is -2.38. The fourth-order valence-electron chi connectivity index (χ4n) is 3.66. The standard InChI is InChI=1S/C21H21ClF3N3O3/c22-16-10-14(21(23,24)25)12-26-19(16)28-6-4-13(5-7-28)20(29)27-15-2-3-17-18(11-15)31-9-1-8-30-17/h2-3,10-13H,1,4-9H2,(H,27,29). The molecule has 1 amide bonds. The van der Waals surface area contributed by atoms with Crippen LogP contribution in [0.5, 0.6) is 11.5 Å². The van der Waals surface area contributed by atoms with Gasteiger partial charge in [0.05, 0.1) is 23.8 Å². The van der Waals surface area contributed by atoms with E-state index in [-0.39, 0.29) is 16.8 Å². The van der Waals surface area contributed by atoms with Crippen LogP contribution in [0.3, 0.4) is 0 Å². The molecule has 31 heavy (non-hydrogen) atoms. The first-order valence-corrected chi connectivity index (χ1v) is 10.4. The van der Waals surface area contributed by atoms with Crippen molar-refractivity contribution in [3.05, 3.63) is 41.0 Å². The van der Waals surface area contributed by atoms with Crippen LogP contribution in [-0.2, 0) is 11.0 Å². The molecule has 2 aliphatic heterocycles. The van der Waals surface area contributed by atoms with Gasteiger partial charge in [-0.05, 0) is 31.0 Å². The number of fused-ring (bicyclic) bond motifs is 1. The lowest BCUT2D eigenvalue weighted by molar-refractivity contribution is -0.137. The Kier molecular flexibility index (Phi) is 6.13. The Morgan fingerprint density at radius 3 is 2.52 bits per heavy atom. The molecule has 0 atom stereocenters. The fourth-order valence-corrected chi connectivity index (χ4v) is 3.94. The summed E-state index contributed by atoms with van der Waals surface area (Å²) in [5, 5.41) is 2.86. The number of ether oxygens (including phenoxy) is 2. The minimum Gasteiger partial charge on any atom is -0.490 e. The summed E-state index contributed by atoms with van der Waals surface area (Å²) in [4.78, 5) is 18.4. The highest BCUT2D eigenvalue weighted by Gasteiger charge is 2.33. The number of amides is 1. The molecule has 6 nitrogen and oxygen atoms in total. The van der Waals surface area contributed by atoms with E-state index in [1.54, 1.807) is 23.1 Å². The quantitative estimate of drug-likeness (QED) is 0.722. The summed E-state index contributed by atoms with van der Waals surface area (Å²) < 4.78 is 49.6. The topological polar surface area (TPSA) is 63.7 Å². The first-order chi connectivity index (χ1) is 14.8. The van der Waals surface area contributed by atoms with Gasteiger partial charge in [-0.25, -0.2) is 4.98 Å². The molecule has 2 aliphatic rings. The van der Waals surface area contributed by atoms with Gasteiger partial charge in [0.1, 0.15) is 5.82 Å². The van der Waals surface area contributed by atoms with Crippen LogP contribution in [0.4, 0.5) is 24.7 Å². The molecule has 1 fully saturated rings. The van der Waals surface area contributed by atoms with E-state index in [0.29, 0.717) is 62.1 Å². The number of halogens is 4. The van der Waals surface area contributed by atoms with Crippen LogP contribution in [0.2, 0.25) is 5.02 Å². The molecular formula is C21H21ClF3N3O3. The Balaban J connectivity index is 1.36. The highest BCUT2D eigenvalue weighted by Crippen LogP contribution is 2.35. The first-order valence-electron chi connectivity index (χ1n) is 9.99. The third-order valence-corrected chi connectivity index (χ3v) is 5.61. The van der Waals surface area contributed by atoms with Gasteiger partial charge in [-0.2, -0.15) is 13.2 Å². The van der Waals surface area contributed by atoms with E-state index in [4.69, 9.17) is 21.1 Å². The van der Waals surface area contributed by atoms with Crippen LogP contribution in [0.15, 0.2) is 30.5 Å². The zero-order valence-electron chi connectivity index (χ0n) is 16.5. The van der Waals surface area contributed by atoms with Crippen molar-refractivity contribution in [3.63, 3.8) is 0 Å². The molecule has 1 aromatic carbocycles. The molecule has 1 aromatic heterocycles. The predicted octanol–water partition coefficient (Wildman–Crippen LogP) is 4.77. The molecule has 0 spiro atoms. The number of carbonyl (C=O) groups is 1. The Morgan fingerprint density at radius 1 is 1.13 bits per heavy atom. The molecule has 4 rings (SSSR count). The summed E-state index contributed by atoms with van der Waals surface area (Å²) in [7, 11) is 0. The number of alkyl halides is 3.